The first kappa shape index (κ1) is 42.2. The van der Waals surface area contributed by atoms with E-state index >= 15 is 0 Å². The number of rotatable bonds is 6. The fourth-order valence-electron chi connectivity index (χ4n) is 12.0. The van der Waals surface area contributed by atoms with Crippen LogP contribution >= 0.6 is 22.7 Å². The molecule has 0 N–H and O–H groups in total. The van der Waals surface area contributed by atoms with Gasteiger partial charge in [0.15, 0.2) is 0 Å². The maximum absolute atomic E-state index is 12.3. The average Bonchev–Trinajstić information content (AvgIpc) is 4.33. The van der Waals surface area contributed by atoms with E-state index in [1.165, 1.54) is 31.1 Å². The Morgan fingerprint density at radius 2 is 0.919 bits per heavy atom. The van der Waals surface area contributed by atoms with Crippen LogP contribution in [0.1, 0.15) is 5.56 Å². The summed E-state index contributed by atoms with van der Waals surface area (Å²) >= 11 is 3.61. The van der Waals surface area contributed by atoms with Gasteiger partial charge in [0.05, 0.1) is 55.0 Å². The molecular weight excluding hydrogens is 937 g/mol. The normalized spacial score (nSPS) is 11.8. The number of hydrogen-bond donors (Lipinski definition) is 0. The monoisotopic (exact) mass is 974 g/mol. The Bertz CT molecular complexity index is 4890. The zero-order chi connectivity index (χ0) is 49.0. The SMILES string of the molecule is [C-]#[N+]c1c(-c2ccccc2)c(C#N)c(-n2c3c(ccc4c5ccccc5sc43)c3cc(-c4ccccc4)c4c5ccccc5sc4c32)c(-c2ccccc2)c1-n1c2ccccc2c2c(-c3ccccc3)cccc21. The van der Waals surface area contributed by atoms with Crippen molar-refractivity contribution in [3.8, 4) is 62.0 Å². The summed E-state index contributed by atoms with van der Waals surface area (Å²) in [5.41, 5.74) is 13.9. The molecule has 0 amide bonds. The molecule has 15 aromatic rings. The van der Waals surface area contributed by atoms with Gasteiger partial charge in [0, 0.05) is 63.6 Å². The van der Waals surface area contributed by atoms with E-state index in [4.69, 9.17) is 0 Å². The van der Waals surface area contributed by atoms with Gasteiger partial charge in [-0.05, 0) is 63.7 Å². The van der Waals surface area contributed by atoms with Crippen LogP contribution in [0.25, 0.3) is 145 Å². The third-order valence-electron chi connectivity index (χ3n) is 15.0. The molecule has 0 aliphatic rings. The number of fused-ring (bicyclic) bond motifs is 14. The number of aromatic nitrogens is 2. The zero-order valence-corrected chi connectivity index (χ0v) is 41.2. The first-order valence-corrected chi connectivity index (χ1v) is 26.3. The minimum atomic E-state index is 0.411. The van der Waals surface area contributed by atoms with E-state index in [1.807, 2.05) is 47.7 Å². The maximum Gasteiger partial charge on any atom is 0.220 e. The van der Waals surface area contributed by atoms with Gasteiger partial charge < -0.3 is 9.13 Å². The molecule has 4 heterocycles. The topological polar surface area (TPSA) is 38.0 Å². The highest BCUT2D eigenvalue weighted by Gasteiger charge is 2.33. The Kier molecular flexibility index (Phi) is 9.40. The Hall–Kier alpha value is -9.56. The highest BCUT2D eigenvalue weighted by atomic mass is 32.1. The third kappa shape index (κ3) is 5.99. The first-order chi connectivity index (χ1) is 36.7. The van der Waals surface area contributed by atoms with E-state index in [9.17, 15) is 11.8 Å². The van der Waals surface area contributed by atoms with Crippen molar-refractivity contribution in [3.63, 3.8) is 0 Å². The molecule has 6 heteroatoms. The van der Waals surface area contributed by atoms with Crippen molar-refractivity contribution in [3.05, 3.63) is 248 Å². The van der Waals surface area contributed by atoms with Crippen LogP contribution in [0.3, 0.4) is 0 Å². The summed E-state index contributed by atoms with van der Waals surface area (Å²) in [6.07, 6.45) is 0. The predicted octanol–water partition coefficient (Wildman–Crippen LogP) is 19.7. The van der Waals surface area contributed by atoms with E-state index in [0.717, 1.165) is 103 Å². The molecule has 4 nitrogen and oxygen atoms in total. The lowest BCUT2D eigenvalue weighted by Crippen LogP contribution is -2.09. The number of thiophene rings is 2. The molecule has 11 aromatic carbocycles. The molecule has 15 rings (SSSR count). The summed E-state index contributed by atoms with van der Waals surface area (Å²) in [5.74, 6) is 0. The van der Waals surface area contributed by atoms with E-state index < -0.39 is 0 Å². The number of nitriles is 1. The Morgan fingerprint density at radius 1 is 0.392 bits per heavy atom. The third-order valence-corrected chi connectivity index (χ3v) is 17.3. The van der Waals surface area contributed by atoms with Crippen molar-refractivity contribution in [1.29, 1.82) is 5.26 Å². The molecule has 0 saturated heterocycles. The van der Waals surface area contributed by atoms with Gasteiger partial charge in [0.2, 0.25) is 5.69 Å². The van der Waals surface area contributed by atoms with Crippen LogP contribution in [-0.2, 0) is 0 Å². The molecule has 0 spiro atoms. The van der Waals surface area contributed by atoms with Gasteiger partial charge in [-0.2, -0.15) is 5.26 Å². The van der Waals surface area contributed by atoms with Gasteiger partial charge in [-0.3, -0.25) is 0 Å². The number of benzene rings is 11. The second-order valence-electron chi connectivity index (χ2n) is 18.8. The van der Waals surface area contributed by atoms with Crippen molar-refractivity contribution < 1.29 is 0 Å². The molecule has 4 aromatic heterocycles. The van der Waals surface area contributed by atoms with Gasteiger partial charge in [-0.1, -0.05) is 200 Å². The number of para-hydroxylation sites is 1. The lowest BCUT2D eigenvalue weighted by molar-refractivity contribution is 1.14. The van der Waals surface area contributed by atoms with Crippen LogP contribution in [0, 0.1) is 17.9 Å². The molecule has 0 fully saturated rings. The smallest absolute Gasteiger partial charge is 0.220 e. The van der Waals surface area contributed by atoms with E-state index in [0.29, 0.717) is 16.8 Å². The minimum absolute atomic E-state index is 0.411. The number of nitrogens with zero attached hydrogens (tertiary/aromatic N) is 4. The van der Waals surface area contributed by atoms with E-state index in [1.54, 1.807) is 11.3 Å². The summed E-state index contributed by atoms with van der Waals surface area (Å²) < 4.78 is 9.45. The van der Waals surface area contributed by atoms with E-state index in [-0.39, 0.29) is 0 Å². The summed E-state index contributed by atoms with van der Waals surface area (Å²) in [6, 6.07) is 84.4. The average molecular weight is 975 g/mol. The predicted molar refractivity (Wildman–Crippen MR) is 314 cm³/mol. The fourth-order valence-corrected chi connectivity index (χ4v) is 14.5. The van der Waals surface area contributed by atoms with Crippen molar-refractivity contribution in [2.45, 2.75) is 0 Å². The number of hydrogen-bond acceptors (Lipinski definition) is 3. The lowest BCUT2D eigenvalue weighted by Gasteiger charge is -2.26. The summed E-state index contributed by atoms with van der Waals surface area (Å²) in [5, 5.41) is 21.4. The molecule has 74 heavy (non-hydrogen) atoms. The van der Waals surface area contributed by atoms with Gasteiger partial charge >= 0.3 is 0 Å². The fraction of sp³-hybridized carbons (Fsp3) is 0. The van der Waals surface area contributed by atoms with Crippen LogP contribution in [0.4, 0.5) is 5.69 Å². The van der Waals surface area contributed by atoms with Crippen molar-refractivity contribution in [2.24, 2.45) is 0 Å². The molecule has 0 aliphatic carbocycles. The molecule has 0 bridgehead atoms. The van der Waals surface area contributed by atoms with Crippen LogP contribution in [-0.4, -0.2) is 9.13 Å². The highest BCUT2D eigenvalue weighted by Crippen LogP contribution is 2.56. The molecule has 342 valence electrons. The molecule has 0 unspecified atom stereocenters. The maximum atomic E-state index is 12.3. The van der Waals surface area contributed by atoms with Gasteiger partial charge in [-0.25, -0.2) is 4.85 Å². The molecule has 0 aliphatic heterocycles. The van der Waals surface area contributed by atoms with Crippen LogP contribution < -0.4 is 0 Å². The van der Waals surface area contributed by atoms with Gasteiger partial charge in [-0.15, -0.1) is 22.7 Å². The Balaban J connectivity index is 1.25. The quantitative estimate of drug-likeness (QED) is 0.153. The second kappa shape index (κ2) is 16.5. The van der Waals surface area contributed by atoms with Crippen molar-refractivity contribution in [2.75, 3.05) is 0 Å². The highest BCUT2D eigenvalue weighted by molar-refractivity contribution is 7.27. The van der Waals surface area contributed by atoms with Crippen LogP contribution in [0.5, 0.6) is 0 Å². The standard InChI is InChI=1S/C68H38N4S2/c1-70-62-58(43-25-10-4-11-26-43)53(40-69)63(59(44-27-12-5-13-28-44)66(62)71-54-33-17-14-30-49(54)60-45(32-20-34-55(60)71)41-21-6-2-7-22-41)72-64-47(37-38-48-46-29-15-18-35-56(46)73-67(48)64)52-39-51(42-23-8-3-9-24-42)61-50-31-16-19-36-57(50)74-68(61)65(52)72/h2-39H. The Labute approximate surface area is 433 Å². The van der Waals surface area contributed by atoms with Crippen LogP contribution in [0.15, 0.2) is 231 Å². The largest absolute Gasteiger partial charge is 0.318 e. The molecular formula is C68H38N4S2. The zero-order valence-electron chi connectivity index (χ0n) is 39.5. The molecule has 0 saturated carbocycles. The minimum Gasteiger partial charge on any atom is -0.318 e. The molecule has 0 atom stereocenters. The van der Waals surface area contributed by atoms with Gasteiger partial charge in [0.1, 0.15) is 6.07 Å². The first-order valence-electron chi connectivity index (χ1n) is 24.7. The van der Waals surface area contributed by atoms with Gasteiger partial charge in [0.25, 0.3) is 0 Å². The lowest BCUT2D eigenvalue weighted by atomic mass is 9.88. The summed E-state index contributed by atoms with van der Waals surface area (Å²) in [7, 11) is 0. The summed E-state index contributed by atoms with van der Waals surface area (Å²) in [6.45, 7) is 9.45. The van der Waals surface area contributed by atoms with Crippen LogP contribution in [0.2, 0.25) is 0 Å². The Morgan fingerprint density at radius 3 is 1.59 bits per heavy atom. The van der Waals surface area contributed by atoms with E-state index in [2.05, 4.69) is 214 Å². The van der Waals surface area contributed by atoms with Crippen molar-refractivity contribution >= 4 is 112 Å². The van der Waals surface area contributed by atoms with Crippen molar-refractivity contribution in [1.82, 2.24) is 9.13 Å². The summed E-state index contributed by atoms with van der Waals surface area (Å²) in [4.78, 5) is 4.61. The molecule has 0 radical (unpaired) electrons. The second-order valence-corrected chi connectivity index (χ2v) is 20.9.